The molecule has 0 aliphatic heterocycles. The van der Waals surface area contributed by atoms with Gasteiger partial charge in [-0.3, -0.25) is 4.90 Å². The normalized spacial score (nSPS) is 13.2. The van der Waals surface area contributed by atoms with E-state index in [1.165, 1.54) is 17.0 Å². The maximum absolute atomic E-state index is 13.0. The summed E-state index contributed by atoms with van der Waals surface area (Å²) >= 11 is 0. The van der Waals surface area contributed by atoms with Crippen LogP contribution in [-0.2, 0) is 31.6 Å². The van der Waals surface area contributed by atoms with Gasteiger partial charge in [0.1, 0.15) is 0 Å². The molecule has 2 aromatic carbocycles. The van der Waals surface area contributed by atoms with Crippen molar-refractivity contribution in [1.29, 1.82) is 0 Å². The van der Waals surface area contributed by atoms with Crippen molar-refractivity contribution in [3.05, 3.63) is 70.3 Å². The van der Waals surface area contributed by atoms with Crippen molar-refractivity contribution in [2.24, 2.45) is 0 Å². The molecule has 0 fully saturated rings. The van der Waals surface area contributed by atoms with Gasteiger partial charge in [-0.25, -0.2) is 0 Å². The highest BCUT2D eigenvalue weighted by Gasteiger charge is 2.37. The Morgan fingerprint density at radius 1 is 0.633 bits per heavy atom. The van der Waals surface area contributed by atoms with E-state index in [9.17, 15) is 39.5 Å². The first-order valence-electron chi connectivity index (χ1n) is 8.87. The van der Waals surface area contributed by atoms with Crippen LogP contribution < -0.4 is 0 Å². The second kappa shape index (κ2) is 8.87. The van der Waals surface area contributed by atoms with Crippen LogP contribution in [0.5, 0.6) is 0 Å². The van der Waals surface area contributed by atoms with E-state index >= 15 is 0 Å². The summed E-state index contributed by atoms with van der Waals surface area (Å²) in [4.78, 5) is 1.51. The molecule has 0 radical (unpaired) electrons. The molecule has 0 aromatic heterocycles. The maximum Gasteiger partial charge on any atom is 0.416 e. The largest absolute Gasteiger partial charge is 0.416 e. The van der Waals surface area contributed by atoms with E-state index in [4.69, 9.17) is 0 Å². The molecule has 166 valence electrons. The minimum Gasteiger partial charge on any atom is -0.295 e. The van der Waals surface area contributed by atoms with Crippen LogP contribution >= 0.6 is 0 Å². The van der Waals surface area contributed by atoms with Gasteiger partial charge < -0.3 is 0 Å². The molecule has 0 aliphatic rings. The van der Waals surface area contributed by atoms with E-state index in [2.05, 4.69) is 0 Å². The van der Waals surface area contributed by atoms with E-state index in [0.29, 0.717) is 18.6 Å². The minimum absolute atomic E-state index is 0.0421. The highest BCUT2D eigenvalue weighted by Crippen LogP contribution is 2.36. The average Bonchev–Trinajstić information content (AvgIpc) is 2.59. The van der Waals surface area contributed by atoms with Crippen molar-refractivity contribution < 1.29 is 39.5 Å². The van der Waals surface area contributed by atoms with E-state index in [-0.39, 0.29) is 36.8 Å². The van der Waals surface area contributed by atoms with Crippen molar-refractivity contribution in [2.45, 2.75) is 45.0 Å². The van der Waals surface area contributed by atoms with Gasteiger partial charge in [0.05, 0.1) is 16.7 Å². The number of halogens is 9. The molecule has 0 saturated carbocycles. The first kappa shape index (κ1) is 24.0. The monoisotopic (exact) mass is 443 g/mol. The van der Waals surface area contributed by atoms with Gasteiger partial charge in [0.2, 0.25) is 0 Å². The zero-order valence-corrected chi connectivity index (χ0v) is 15.7. The molecule has 2 rings (SSSR count). The second-order valence-electron chi connectivity index (χ2n) is 6.82. The van der Waals surface area contributed by atoms with Crippen molar-refractivity contribution in [3.63, 3.8) is 0 Å². The highest BCUT2D eigenvalue weighted by molar-refractivity contribution is 5.34. The molecule has 0 aliphatic carbocycles. The predicted octanol–water partition coefficient (Wildman–Crippen LogP) is 7.16. The zero-order chi connectivity index (χ0) is 22.7. The molecule has 0 saturated heterocycles. The minimum atomic E-state index is -4.97. The first-order chi connectivity index (χ1) is 13.7. The third-order valence-corrected chi connectivity index (χ3v) is 4.25. The number of rotatable bonds is 6. The maximum atomic E-state index is 13.0. The second-order valence-corrected chi connectivity index (χ2v) is 6.82. The highest BCUT2D eigenvalue weighted by atomic mass is 19.4. The van der Waals surface area contributed by atoms with E-state index in [1.54, 1.807) is 6.92 Å². The lowest BCUT2D eigenvalue weighted by Crippen LogP contribution is -2.24. The Labute approximate surface area is 167 Å². The van der Waals surface area contributed by atoms with Crippen LogP contribution in [0.15, 0.2) is 42.5 Å². The summed E-state index contributed by atoms with van der Waals surface area (Å²) < 4.78 is 117. The number of benzene rings is 2. The van der Waals surface area contributed by atoms with Crippen molar-refractivity contribution in [2.75, 3.05) is 6.54 Å². The van der Waals surface area contributed by atoms with Crippen LogP contribution in [0, 0.1) is 0 Å². The summed E-state index contributed by atoms with van der Waals surface area (Å²) in [6.07, 6.45) is -14.0. The molecule has 2 aromatic rings. The van der Waals surface area contributed by atoms with Gasteiger partial charge in [0.25, 0.3) is 0 Å². The van der Waals surface area contributed by atoms with Crippen molar-refractivity contribution in [3.8, 4) is 0 Å². The molecule has 0 spiro atoms. The van der Waals surface area contributed by atoms with Crippen LogP contribution in [-0.4, -0.2) is 11.4 Å². The molecular formula is C20H18F9N. The van der Waals surface area contributed by atoms with Gasteiger partial charge in [-0.1, -0.05) is 25.1 Å². The zero-order valence-electron chi connectivity index (χ0n) is 15.7. The first-order valence-corrected chi connectivity index (χ1v) is 8.87. The third kappa shape index (κ3) is 6.65. The Hall–Kier alpha value is -2.23. The SMILES string of the molecule is CCCN(Cc1cccc(C(F)(F)F)c1)Cc1cc(C(F)(F)F)cc(C(F)(F)F)c1. The predicted molar refractivity (Wildman–Crippen MR) is 92.3 cm³/mol. The van der Waals surface area contributed by atoms with Crippen LogP contribution in [0.1, 0.15) is 41.2 Å². The van der Waals surface area contributed by atoms with Gasteiger partial charge in [0, 0.05) is 13.1 Å². The summed E-state index contributed by atoms with van der Waals surface area (Å²) in [7, 11) is 0. The molecule has 1 nitrogen and oxygen atoms in total. The Bertz CT molecular complexity index is 818. The lowest BCUT2D eigenvalue weighted by atomic mass is 10.0. The van der Waals surface area contributed by atoms with E-state index in [1.807, 2.05) is 0 Å². The molecule has 30 heavy (non-hydrogen) atoms. The molecular weight excluding hydrogens is 425 g/mol. The summed E-state index contributed by atoms with van der Waals surface area (Å²) in [6, 6.07) is 5.72. The Balaban J connectivity index is 2.34. The number of alkyl halides is 9. The van der Waals surface area contributed by atoms with E-state index in [0.717, 1.165) is 12.1 Å². The molecule has 0 amide bonds. The summed E-state index contributed by atoms with van der Waals surface area (Å²) in [5, 5.41) is 0. The van der Waals surface area contributed by atoms with Crippen LogP contribution in [0.4, 0.5) is 39.5 Å². The standard InChI is InChI=1S/C20H18F9N/c1-2-6-30(11-13-4-3-5-15(7-13)18(21,22)23)12-14-8-16(19(24,25)26)10-17(9-14)20(27,28)29/h3-5,7-10H,2,6,11-12H2,1H3. The van der Waals surface area contributed by atoms with Gasteiger partial charge in [-0.05, 0) is 48.4 Å². The Morgan fingerprint density at radius 3 is 1.57 bits per heavy atom. The van der Waals surface area contributed by atoms with Crippen LogP contribution in [0.25, 0.3) is 0 Å². The Morgan fingerprint density at radius 2 is 1.10 bits per heavy atom. The molecule has 0 heterocycles. The fraction of sp³-hybridized carbons (Fsp3) is 0.400. The van der Waals surface area contributed by atoms with Gasteiger partial charge in [-0.15, -0.1) is 0 Å². The summed E-state index contributed by atoms with van der Waals surface area (Å²) in [6.45, 7) is 1.67. The number of nitrogens with zero attached hydrogens (tertiary/aromatic N) is 1. The fourth-order valence-corrected chi connectivity index (χ4v) is 3.00. The quantitative estimate of drug-likeness (QED) is 0.429. The lowest BCUT2D eigenvalue weighted by molar-refractivity contribution is -0.143. The summed E-state index contributed by atoms with van der Waals surface area (Å²) in [5.74, 6) is 0. The smallest absolute Gasteiger partial charge is 0.295 e. The molecule has 0 N–H and O–H groups in total. The van der Waals surface area contributed by atoms with Gasteiger partial charge in [0.15, 0.2) is 0 Å². The topological polar surface area (TPSA) is 3.24 Å². The molecule has 0 bridgehead atoms. The molecule has 10 heteroatoms. The molecule has 0 unspecified atom stereocenters. The Kier molecular flexibility index (Phi) is 7.11. The summed E-state index contributed by atoms with van der Waals surface area (Å²) in [5.41, 5.74) is -3.71. The van der Waals surface area contributed by atoms with E-state index < -0.39 is 35.2 Å². The average molecular weight is 443 g/mol. The fourth-order valence-electron chi connectivity index (χ4n) is 3.00. The number of hydrogen-bond donors (Lipinski definition) is 0. The number of hydrogen-bond acceptors (Lipinski definition) is 1. The van der Waals surface area contributed by atoms with Gasteiger partial charge in [-0.2, -0.15) is 39.5 Å². The van der Waals surface area contributed by atoms with Crippen molar-refractivity contribution in [1.82, 2.24) is 4.90 Å². The van der Waals surface area contributed by atoms with Crippen molar-refractivity contribution >= 4 is 0 Å². The lowest BCUT2D eigenvalue weighted by Gasteiger charge is -2.23. The van der Waals surface area contributed by atoms with Crippen LogP contribution in [0.2, 0.25) is 0 Å². The van der Waals surface area contributed by atoms with Crippen LogP contribution in [0.3, 0.4) is 0 Å². The molecule has 0 atom stereocenters. The van der Waals surface area contributed by atoms with Gasteiger partial charge >= 0.3 is 18.5 Å². The third-order valence-electron chi connectivity index (χ3n) is 4.25.